The molecule has 0 spiro atoms. The number of fused-ring (bicyclic) bond motifs is 1. The number of thiazole rings is 1. The lowest BCUT2D eigenvalue weighted by Gasteiger charge is -1.93. The Hall–Kier alpha value is -0.600. The lowest BCUT2D eigenvalue weighted by Crippen LogP contribution is -1.77. The molecule has 1 aromatic heterocycles. The third kappa shape index (κ3) is 1.32. The van der Waals surface area contributed by atoms with Gasteiger partial charge in [-0.15, -0.1) is 11.3 Å². The summed E-state index contributed by atoms with van der Waals surface area (Å²) in [6.45, 7) is 2.14. The normalized spacial score (nSPS) is 10.8. The van der Waals surface area contributed by atoms with Crippen LogP contribution >= 0.6 is 22.9 Å². The fourth-order valence-electron chi connectivity index (χ4n) is 1.16. The van der Waals surface area contributed by atoms with Gasteiger partial charge in [0, 0.05) is 0 Å². The Bertz CT molecular complexity index is 408. The molecule has 1 aromatic carbocycles. The predicted molar refractivity (Wildman–Crippen MR) is 54.0 cm³/mol. The summed E-state index contributed by atoms with van der Waals surface area (Å²) in [5.74, 6) is 0. The van der Waals surface area contributed by atoms with Crippen LogP contribution in [0.2, 0.25) is 4.47 Å². The van der Waals surface area contributed by atoms with E-state index in [1.807, 2.05) is 6.07 Å². The maximum Gasteiger partial charge on any atom is 0.184 e. The maximum atomic E-state index is 5.79. The van der Waals surface area contributed by atoms with Gasteiger partial charge in [0.25, 0.3) is 0 Å². The maximum absolute atomic E-state index is 5.79. The van der Waals surface area contributed by atoms with Crippen molar-refractivity contribution in [1.29, 1.82) is 0 Å². The van der Waals surface area contributed by atoms with E-state index in [0.717, 1.165) is 11.9 Å². The van der Waals surface area contributed by atoms with Crippen LogP contribution in [0.25, 0.3) is 10.2 Å². The van der Waals surface area contributed by atoms with Crippen molar-refractivity contribution < 1.29 is 0 Å². The van der Waals surface area contributed by atoms with Crippen LogP contribution in [0.15, 0.2) is 18.2 Å². The first kappa shape index (κ1) is 8.02. The number of benzene rings is 1. The van der Waals surface area contributed by atoms with E-state index in [0.29, 0.717) is 4.47 Å². The molecule has 0 unspecified atom stereocenters. The standard InChI is InChI=1S/C9H8ClNS/c1-2-6-3-4-7-8(5-6)12-9(10)11-7/h3-5H,2H2,1H3. The first-order valence-corrected chi connectivity index (χ1v) is 5.04. The lowest BCUT2D eigenvalue weighted by atomic mass is 10.2. The third-order valence-electron chi connectivity index (χ3n) is 1.83. The molecule has 0 N–H and O–H groups in total. The van der Waals surface area contributed by atoms with E-state index in [1.54, 1.807) is 0 Å². The van der Waals surface area contributed by atoms with E-state index in [4.69, 9.17) is 11.6 Å². The van der Waals surface area contributed by atoms with Gasteiger partial charge in [0.2, 0.25) is 0 Å². The number of halogens is 1. The van der Waals surface area contributed by atoms with Gasteiger partial charge in [-0.25, -0.2) is 4.98 Å². The summed E-state index contributed by atoms with van der Waals surface area (Å²) < 4.78 is 1.80. The zero-order valence-corrected chi connectivity index (χ0v) is 8.25. The van der Waals surface area contributed by atoms with Gasteiger partial charge in [0.15, 0.2) is 4.47 Å². The Morgan fingerprint density at radius 2 is 2.33 bits per heavy atom. The number of hydrogen-bond acceptors (Lipinski definition) is 2. The molecule has 2 rings (SSSR count). The van der Waals surface area contributed by atoms with Gasteiger partial charge in [-0.2, -0.15) is 0 Å². The van der Waals surface area contributed by atoms with Crippen molar-refractivity contribution in [2.45, 2.75) is 13.3 Å². The van der Waals surface area contributed by atoms with E-state index in [2.05, 4.69) is 24.0 Å². The molecule has 0 radical (unpaired) electrons. The van der Waals surface area contributed by atoms with Crippen LogP contribution in [0, 0.1) is 0 Å². The Balaban J connectivity index is 2.66. The highest BCUT2D eigenvalue weighted by molar-refractivity contribution is 7.22. The number of aromatic nitrogens is 1. The summed E-state index contributed by atoms with van der Waals surface area (Å²) in [6, 6.07) is 6.27. The summed E-state index contributed by atoms with van der Waals surface area (Å²) in [7, 11) is 0. The highest BCUT2D eigenvalue weighted by Crippen LogP contribution is 2.26. The number of rotatable bonds is 1. The fourth-order valence-corrected chi connectivity index (χ4v) is 2.26. The molecule has 0 aliphatic heterocycles. The van der Waals surface area contributed by atoms with Gasteiger partial charge in [0.05, 0.1) is 10.2 Å². The summed E-state index contributed by atoms with van der Waals surface area (Å²) in [5.41, 5.74) is 2.34. The monoisotopic (exact) mass is 197 g/mol. The van der Waals surface area contributed by atoms with Gasteiger partial charge >= 0.3 is 0 Å². The van der Waals surface area contributed by atoms with Crippen LogP contribution in [0.1, 0.15) is 12.5 Å². The third-order valence-corrected chi connectivity index (χ3v) is 2.96. The Morgan fingerprint density at radius 1 is 1.50 bits per heavy atom. The first-order valence-electron chi connectivity index (χ1n) is 3.84. The molecule has 0 aliphatic carbocycles. The first-order chi connectivity index (χ1) is 5.79. The highest BCUT2D eigenvalue weighted by Gasteiger charge is 2.00. The molecule has 1 heterocycles. The minimum absolute atomic E-state index is 0.623. The average Bonchev–Trinajstić information content (AvgIpc) is 2.43. The molecule has 62 valence electrons. The van der Waals surface area contributed by atoms with Crippen molar-refractivity contribution in [1.82, 2.24) is 4.98 Å². The van der Waals surface area contributed by atoms with Gasteiger partial charge in [-0.05, 0) is 24.1 Å². The number of nitrogens with zero attached hydrogens (tertiary/aromatic N) is 1. The van der Waals surface area contributed by atoms with Crippen LogP contribution in [-0.4, -0.2) is 4.98 Å². The Labute approximate surface area is 80.0 Å². The summed E-state index contributed by atoms with van der Waals surface area (Å²) in [6.07, 6.45) is 1.06. The molecule has 0 bridgehead atoms. The highest BCUT2D eigenvalue weighted by atomic mass is 35.5. The zero-order chi connectivity index (χ0) is 8.55. The molecule has 0 saturated carbocycles. The van der Waals surface area contributed by atoms with Gasteiger partial charge in [-0.1, -0.05) is 24.6 Å². The summed E-state index contributed by atoms with van der Waals surface area (Å²) in [5, 5.41) is 0. The molecule has 2 aromatic rings. The molecular weight excluding hydrogens is 190 g/mol. The molecule has 0 aliphatic rings. The largest absolute Gasteiger partial charge is 0.225 e. The smallest absolute Gasteiger partial charge is 0.184 e. The fraction of sp³-hybridized carbons (Fsp3) is 0.222. The quantitative estimate of drug-likeness (QED) is 0.682. The van der Waals surface area contributed by atoms with Crippen LogP contribution in [0.5, 0.6) is 0 Å². The van der Waals surface area contributed by atoms with Gasteiger partial charge in [0.1, 0.15) is 0 Å². The van der Waals surface area contributed by atoms with Crippen molar-refractivity contribution in [3.63, 3.8) is 0 Å². The second-order valence-corrected chi connectivity index (χ2v) is 4.24. The van der Waals surface area contributed by atoms with E-state index in [1.165, 1.54) is 21.6 Å². The van der Waals surface area contributed by atoms with Crippen molar-refractivity contribution >= 4 is 33.2 Å². The molecule has 0 amide bonds. The van der Waals surface area contributed by atoms with Gasteiger partial charge < -0.3 is 0 Å². The van der Waals surface area contributed by atoms with Crippen molar-refractivity contribution in [2.24, 2.45) is 0 Å². The Kier molecular flexibility index (Phi) is 2.03. The van der Waals surface area contributed by atoms with E-state index in [9.17, 15) is 0 Å². The van der Waals surface area contributed by atoms with Crippen LogP contribution < -0.4 is 0 Å². The minimum Gasteiger partial charge on any atom is -0.225 e. The van der Waals surface area contributed by atoms with E-state index >= 15 is 0 Å². The Morgan fingerprint density at radius 3 is 3.08 bits per heavy atom. The summed E-state index contributed by atoms with van der Waals surface area (Å²) >= 11 is 7.32. The lowest BCUT2D eigenvalue weighted by molar-refractivity contribution is 1.15. The second-order valence-electron chi connectivity index (χ2n) is 2.62. The topological polar surface area (TPSA) is 12.9 Å². The number of hydrogen-bond donors (Lipinski definition) is 0. The molecule has 0 saturated heterocycles. The molecule has 3 heteroatoms. The molecule has 12 heavy (non-hydrogen) atoms. The van der Waals surface area contributed by atoms with Crippen LogP contribution in [0.4, 0.5) is 0 Å². The SMILES string of the molecule is CCc1ccc2nc(Cl)sc2c1. The summed E-state index contributed by atoms with van der Waals surface area (Å²) in [4.78, 5) is 4.17. The van der Waals surface area contributed by atoms with Crippen molar-refractivity contribution in [3.05, 3.63) is 28.2 Å². The van der Waals surface area contributed by atoms with Crippen molar-refractivity contribution in [2.75, 3.05) is 0 Å². The predicted octanol–water partition coefficient (Wildman–Crippen LogP) is 3.51. The molecular formula is C9H8ClNS. The van der Waals surface area contributed by atoms with Crippen LogP contribution in [-0.2, 0) is 6.42 Å². The van der Waals surface area contributed by atoms with E-state index < -0.39 is 0 Å². The van der Waals surface area contributed by atoms with Crippen LogP contribution in [0.3, 0.4) is 0 Å². The molecule has 0 fully saturated rings. The zero-order valence-electron chi connectivity index (χ0n) is 6.67. The average molecular weight is 198 g/mol. The number of aryl methyl sites for hydroxylation is 1. The molecule has 0 atom stereocenters. The van der Waals surface area contributed by atoms with E-state index in [-0.39, 0.29) is 0 Å². The van der Waals surface area contributed by atoms with Gasteiger partial charge in [-0.3, -0.25) is 0 Å². The minimum atomic E-state index is 0.623. The molecule has 1 nitrogen and oxygen atoms in total. The second kappa shape index (κ2) is 3.04. The van der Waals surface area contributed by atoms with Crippen molar-refractivity contribution in [3.8, 4) is 0 Å².